The maximum absolute atomic E-state index is 10.9. The summed E-state index contributed by atoms with van der Waals surface area (Å²) in [7, 11) is 1.30. The van der Waals surface area contributed by atoms with Crippen LogP contribution in [0.2, 0.25) is 0 Å². The molecule has 0 aromatic rings. The topological polar surface area (TPSA) is 46.5 Å². The van der Waals surface area contributed by atoms with Crippen molar-refractivity contribution in [3.05, 3.63) is 0 Å². The van der Waals surface area contributed by atoms with Crippen LogP contribution in [0, 0.1) is 0 Å². The molecule has 1 unspecified atom stereocenters. The Morgan fingerprint density at radius 1 is 1.06 bits per heavy atom. The van der Waals surface area contributed by atoms with Crippen molar-refractivity contribution in [3.63, 3.8) is 0 Å². The summed E-state index contributed by atoms with van der Waals surface area (Å²) < 4.78 is 4.45. The van der Waals surface area contributed by atoms with Crippen molar-refractivity contribution in [2.75, 3.05) is 7.11 Å². The normalized spacial score (nSPS) is 12.4. The predicted octanol–water partition coefficient (Wildman–Crippen LogP) is 3.05. The molecular weight excluding hydrogens is 204 g/mol. The van der Waals surface area contributed by atoms with Gasteiger partial charge < -0.3 is 9.84 Å². The number of hydrogen-bond acceptors (Lipinski definition) is 3. The van der Waals surface area contributed by atoms with E-state index in [1.807, 2.05) is 0 Å². The molecular formula is C13H26O3. The molecule has 16 heavy (non-hydrogen) atoms. The summed E-state index contributed by atoms with van der Waals surface area (Å²) >= 11 is 0. The fourth-order valence-corrected chi connectivity index (χ4v) is 1.73. The highest BCUT2D eigenvalue weighted by atomic mass is 16.5. The van der Waals surface area contributed by atoms with Gasteiger partial charge in [0.05, 0.1) is 7.11 Å². The summed E-state index contributed by atoms with van der Waals surface area (Å²) in [6, 6.07) is 0. The van der Waals surface area contributed by atoms with Crippen molar-refractivity contribution >= 4 is 5.97 Å². The van der Waals surface area contributed by atoms with Crippen LogP contribution in [0.25, 0.3) is 0 Å². The molecule has 1 atom stereocenters. The van der Waals surface area contributed by atoms with Gasteiger partial charge in [-0.25, -0.2) is 4.79 Å². The largest absolute Gasteiger partial charge is 0.467 e. The molecule has 3 heteroatoms. The summed E-state index contributed by atoms with van der Waals surface area (Å²) in [4.78, 5) is 10.9. The van der Waals surface area contributed by atoms with E-state index < -0.39 is 12.1 Å². The van der Waals surface area contributed by atoms with Crippen LogP contribution >= 0.6 is 0 Å². The van der Waals surface area contributed by atoms with E-state index >= 15 is 0 Å². The van der Waals surface area contributed by atoms with E-state index in [0.29, 0.717) is 6.42 Å². The number of carbonyl (C=O) groups excluding carboxylic acids is 1. The summed E-state index contributed by atoms with van der Waals surface area (Å²) in [6.45, 7) is 2.22. The first kappa shape index (κ1) is 15.4. The van der Waals surface area contributed by atoms with E-state index in [1.54, 1.807) is 0 Å². The lowest BCUT2D eigenvalue weighted by molar-refractivity contribution is -0.150. The molecule has 0 spiro atoms. The number of esters is 1. The van der Waals surface area contributed by atoms with Crippen LogP contribution in [-0.2, 0) is 9.53 Å². The van der Waals surface area contributed by atoms with Crippen molar-refractivity contribution in [2.45, 2.75) is 70.8 Å². The lowest BCUT2D eigenvalue weighted by Gasteiger charge is -2.07. The Hall–Kier alpha value is -0.570. The average Bonchev–Trinajstić information content (AvgIpc) is 2.31. The first-order valence-corrected chi connectivity index (χ1v) is 6.48. The Morgan fingerprint density at radius 2 is 1.56 bits per heavy atom. The third-order valence-electron chi connectivity index (χ3n) is 2.80. The number of rotatable bonds is 10. The smallest absolute Gasteiger partial charge is 0.334 e. The molecule has 0 saturated carbocycles. The van der Waals surface area contributed by atoms with E-state index in [4.69, 9.17) is 0 Å². The molecule has 0 aliphatic heterocycles. The second-order valence-corrected chi connectivity index (χ2v) is 4.30. The predicted molar refractivity (Wildman–Crippen MR) is 65.2 cm³/mol. The molecule has 0 heterocycles. The van der Waals surface area contributed by atoms with Crippen LogP contribution in [0.3, 0.4) is 0 Å². The van der Waals surface area contributed by atoms with Gasteiger partial charge in [0.2, 0.25) is 0 Å². The van der Waals surface area contributed by atoms with Gasteiger partial charge in [-0.05, 0) is 6.42 Å². The van der Waals surface area contributed by atoms with Gasteiger partial charge in [0.1, 0.15) is 0 Å². The van der Waals surface area contributed by atoms with Crippen LogP contribution in [0.1, 0.15) is 64.7 Å². The van der Waals surface area contributed by atoms with Gasteiger partial charge >= 0.3 is 5.97 Å². The number of methoxy groups -OCH3 is 1. The Bertz CT molecular complexity index is 169. The zero-order valence-electron chi connectivity index (χ0n) is 10.7. The van der Waals surface area contributed by atoms with Crippen LogP contribution in [0.15, 0.2) is 0 Å². The van der Waals surface area contributed by atoms with Crippen molar-refractivity contribution in [2.24, 2.45) is 0 Å². The van der Waals surface area contributed by atoms with E-state index in [1.165, 1.54) is 45.6 Å². The molecule has 1 N–H and O–H groups in total. The van der Waals surface area contributed by atoms with Crippen molar-refractivity contribution < 1.29 is 14.6 Å². The van der Waals surface area contributed by atoms with Crippen LogP contribution in [-0.4, -0.2) is 24.3 Å². The molecule has 0 saturated heterocycles. The second kappa shape index (κ2) is 10.9. The fourth-order valence-electron chi connectivity index (χ4n) is 1.73. The quantitative estimate of drug-likeness (QED) is 0.463. The molecule has 0 fully saturated rings. The Balaban J connectivity index is 3.17. The SMILES string of the molecule is CCCCCCCCCCC(O)C(=O)OC. The van der Waals surface area contributed by atoms with Crippen LogP contribution in [0.5, 0.6) is 0 Å². The van der Waals surface area contributed by atoms with Crippen molar-refractivity contribution in [1.29, 1.82) is 0 Å². The molecule has 0 rings (SSSR count). The minimum Gasteiger partial charge on any atom is -0.467 e. The number of carbonyl (C=O) groups is 1. The minimum absolute atomic E-state index is 0.511. The van der Waals surface area contributed by atoms with Gasteiger partial charge in [-0.3, -0.25) is 0 Å². The zero-order chi connectivity index (χ0) is 12.2. The molecule has 0 bridgehead atoms. The first-order valence-electron chi connectivity index (χ1n) is 6.48. The number of aliphatic hydroxyl groups is 1. The molecule has 96 valence electrons. The van der Waals surface area contributed by atoms with Crippen LogP contribution < -0.4 is 0 Å². The maximum atomic E-state index is 10.9. The number of aliphatic hydroxyl groups excluding tert-OH is 1. The van der Waals surface area contributed by atoms with Gasteiger partial charge in [-0.2, -0.15) is 0 Å². The summed E-state index contributed by atoms with van der Waals surface area (Å²) in [5.41, 5.74) is 0. The third-order valence-corrected chi connectivity index (χ3v) is 2.80. The standard InChI is InChI=1S/C13H26O3/c1-3-4-5-6-7-8-9-10-11-12(14)13(15)16-2/h12,14H,3-11H2,1-2H3. The molecule has 0 aromatic heterocycles. The highest BCUT2D eigenvalue weighted by Crippen LogP contribution is 2.10. The molecule has 0 radical (unpaired) electrons. The monoisotopic (exact) mass is 230 g/mol. The molecule has 0 aliphatic carbocycles. The van der Waals surface area contributed by atoms with Crippen molar-refractivity contribution in [3.8, 4) is 0 Å². The number of ether oxygens (including phenoxy) is 1. The van der Waals surface area contributed by atoms with E-state index in [9.17, 15) is 9.90 Å². The van der Waals surface area contributed by atoms with Crippen molar-refractivity contribution in [1.82, 2.24) is 0 Å². The first-order chi connectivity index (χ1) is 7.72. The molecule has 3 nitrogen and oxygen atoms in total. The van der Waals surface area contributed by atoms with Gasteiger partial charge in [0, 0.05) is 0 Å². The highest BCUT2D eigenvalue weighted by Gasteiger charge is 2.13. The Labute approximate surface area is 99.2 Å². The molecule has 0 aromatic carbocycles. The number of hydrogen-bond donors (Lipinski definition) is 1. The van der Waals surface area contributed by atoms with Gasteiger partial charge in [-0.15, -0.1) is 0 Å². The third kappa shape index (κ3) is 8.72. The molecule has 0 amide bonds. The van der Waals surface area contributed by atoms with E-state index in [2.05, 4.69) is 11.7 Å². The lowest BCUT2D eigenvalue weighted by Crippen LogP contribution is -2.21. The number of unbranched alkanes of at least 4 members (excludes halogenated alkanes) is 7. The Kier molecular flexibility index (Phi) is 10.5. The Morgan fingerprint density at radius 3 is 2.06 bits per heavy atom. The second-order valence-electron chi connectivity index (χ2n) is 4.30. The lowest BCUT2D eigenvalue weighted by atomic mass is 10.1. The maximum Gasteiger partial charge on any atom is 0.334 e. The zero-order valence-corrected chi connectivity index (χ0v) is 10.7. The summed E-state index contributed by atoms with van der Waals surface area (Å²) in [5, 5.41) is 9.32. The average molecular weight is 230 g/mol. The fraction of sp³-hybridized carbons (Fsp3) is 0.923. The highest BCUT2D eigenvalue weighted by molar-refractivity contribution is 5.74. The minimum atomic E-state index is -0.926. The molecule has 0 aliphatic rings. The summed E-state index contributed by atoms with van der Waals surface area (Å²) in [6.07, 6.45) is 9.35. The van der Waals surface area contributed by atoms with Gasteiger partial charge in [0.25, 0.3) is 0 Å². The van der Waals surface area contributed by atoms with E-state index in [0.717, 1.165) is 12.8 Å². The summed E-state index contributed by atoms with van der Waals surface area (Å²) in [5.74, 6) is -0.511. The van der Waals surface area contributed by atoms with Gasteiger partial charge in [-0.1, -0.05) is 58.3 Å². The van der Waals surface area contributed by atoms with Crippen LogP contribution in [0.4, 0.5) is 0 Å². The van der Waals surface area contributed by atoms with Gasteiger partial charge in [0.15, 0.2) is 6.10 Å². The van der Waals surface area contributed by atoms with E-state index in [-0.39, 0.29) is 0 Å².